The Balaban J connectivity index is 2.70. The Morgan fingerprint density at radius 2 is 2.10 bits per heavy atom. The van der Waals surface area contributed by atoms with Gasteiger partial charge in [0.25, 0.3) is 0 Å². The zero-order valence-electron chi connectivity index (χ0n) is 11.3. The quantitative estimate of drug-likeness (QED) is 0.594. The fraction of sp³-hybridized carbons (Fsp3) is 0.500. The minimum Gasteiger partial charge on any atom is -0.396 e. The van der Waals surface area contributed by atoms with Crippen LogP contribution in [-0.4, -0.2) is 28.2 Å². The van der Waals surface area contributed by atoms with Gasteiger partial charge in [0.1, 0.15) is 4.90 Å². The van der Waals surface area contributed by atoms with Crippen LogP contribution in [-0.2, 0) is 14.8 Å². The highest BCUT2D eigenvalue weighted by molar-refractivity contribution is 7.89. The first-order valence-corrected chi connectivity index (χ1v) is 7.92. The summed E-state index contributed by atoms with van der Waals surface area (Å²) in [6, 6.07) is 2.17. The Kier molecular flexibility index (Phi) is 6.19. The molecule has 0 aliphatic rings. The van der Waals surface area contributed by atoms with Crippen LogP contribution in [0.25, 0.3) is 0 Å². The monoisotopic (exact) mass is 324 g/mol. The predicted octanol–water partition coefficient (Wildman–Crippen LogP) is 2.01. The lowest BCUT2D eigenvalue weighted by Crippen LogP contribution is -2.28. The maximum atomic E-state index is 13.7. The molecule has 1 aromatic rings. The highest BCUT2D eigenvalue weighted by Gasteiger charge is 2.21. The number of sulfonamides is 1. The molecule has 0 spiro atoms. The average molecular weight is 325 g/mol. The second kappa shape index (κ2) is 7.21. The molecule has 3 N–H and O–H groups in total. The van der Waals surface area contributed by atoms with Gasteiger partial charge >= 0.3 is 0 Å². The van der Waals surface area contributed by atoms with Crippen LogP contribution in [0.15, 0.2) is 17.0 Å². The van der Waals surface area contributed by atoms with Crippen molar-refractivity contribution in [1.82, 2.24) is 4.72 Å². The molecule has 0 saturated heterocycles. The van der Waals surface area contributed by atoms with E-state index >= 15 is 0 Å². The number of hydrogen-bond donors (Lipinski definition) is 2. The largest absolute Gasteiger partial charge is 0.396 e. The molecule has 0 radical (unpaired) electrons. The zero-order valence-corrected chi connectivity index (χ0v) is 12.9. The summed E-state index contributed by atoms with van der Waals surface area (Å²) in [5.74, 6) is -0.651. The molecule has 0 bridgehead atoms. The number of nitrogens with two attached hydrogens (primary N) is 1. The van der Waals surface area contributed by atoms with Crippen molar-refractivity contribution in [2.45, 2.75) is 18.7 Å². The minimum atomic E-state index is -4.01. The number of anilines is 1. The Hall–Kier alpha value is -0.890. The van der Waals surface area contributed by atoms with Gasteiger partial charge in [0.05, 0.1) is 12.3 Å². The van der Waals surface area contributed by atoms with Crippen LogP contribution < -0.4 is 10.5 Å². The molecule has 1 aromatic carbocycles. The fourth-order valence-electron chi connectivity index (χ4n) is 1.42. The first kappa shape index (κ1) is 17.2. The van der Waals surface area contributed by atoms with Gasteiger partial charge in [-0.25, -0.2) is 17.5 Å². The molecule has 8 heteroatoms. The lowest BCUT2D eigenvalue weighted by Gasteiger charge is -2.10. The van der Waals surface area contributed by atoms with E-state index in [0.29, 0.717) is 12.5 Å². The Morgan fingerprint density at radius 1 is 1.45 bits per heavy atom. The van der Waals surface area contributed by atoms with Crippen molar-refractivity contribution in [2.75, 3.05) is 25.5 Å². The molecular weight excluding hydrogens is 307 g/mol. The lowest BCUT2D eigenvalue weighted by atomic mass is 10.2. The van der Waals surface area contributed by atoms with Gasteiger partial charge in [0.2, 0.25) is 10.0 Å². The molecule has 0 fully saturated rings. The van der Waals surface area contributed by atoms with Gasteiger partial charge in [-0.15, -0.1) is 0 Å². The second-order valence-electron chi connectivity index (χ2n) is 4.67. The number of benzene rings is 1. The van der Waals surface area contributed by atoms with Crippen LogP contribution in [0.2, 0.25) is 5.02 Å². The molecule has 0 saturated carbocycles. The van der Waals surface area contributed by atoms with E-state index in [4.69, 9.17) is 22.1 Å². The third-order valence-corrected chi connectivity index (χ3v) is 3.99. The Bertz CT molecular complexity index is 564. The third kappa shape index (κ3) is 4.90. The van der Waals surface area contributed by atoms with Crippen LogP contribution in [0.1, 0.15) is 13.8 Å². The molecule has 0 atom stereocenters. The number of hydrogen-bond acceptors (Lipinski definition) is 4. The molecule has 20 heavy (non-hydrogen) atoms. The van der Waals surface area contributed by atoms with Gasteiger partial charge in [-0.1, -0.05) is 25.4 Å². The maximum Gasteiger partial charge on any atom is 0.243 e. The topological polar surface area (TPSA) is 81.4 Å². The molecule has 0 unspecified atom stereocenters. The van der Waals surface area contributed by atoms with Crippen LogP contribution >= 0.6 is 11.6 Å². The van der Waals surface area contributed by atoms with E-state index in [2.05, 4.69) is 4.72 Å². The summed E-state index contributed by atoms with van der Waals surface area (Å²) < 4.78 is 45.1. The number of nitrogen functional groups attached to an aromatic ring is 1. The first-order valence-electron chi connectivity index (χ1n) is 6.06. The van der Waals surface area contributed by atoms with Crippen LogP contribution in [0.4, 0.5) is 10.1 Å². The molecule has 0 aliphatic carbocycles. The van der Waals surface area contributed by atoms with E-state index in [9.17, 15) is 12.8 Å². The fourth-order valence-corrected chi connectivity index (χ4v) is 2.86. The van der Waals surface area contributed by atoms with Crippen molar-refractivity contribution in [1.29, 1.82) is 0 Å². The van der Waals surface area contributed by atoms with Gasteiger partial charge in [0.15, 0.2) is 5.82 Å². The molecule has 0 amide bonds. The normalized spacial score (nSPS) is 12.1. The smallest absolute Gasteiger partial charge is 0.243 e. The molecule has 5 nitrogen and oxygen atoms in total. The minimum absolute atomic E-state index is 0.0426. The molecule has 0 aliphatic heterocycles. The molecular formula is C12H18ClFN2O3S. The van der Waals surface area contributed by atoms with Crippen molar-refractivity contribution >= 4 is 27.3 Å². The Morgan fingerprint density at radius 3 is 2.70 bits per heavy atom. The summed E-state index contributed by atoms with van der Waals surface area (Å²) in [7, 11) is -4.01. The average Bonchev–Trinajstić information content (AvgIpc) is 2.32. The van der Waals surface area contributed by atoms with Crippen LogP contribution in [0, 0.1) is 11.7 Å². The zero-order chi connectivity index (χ0) is 15.3. The van der Waals surface area contributed by atoms with Crippen LogP contribution in [0.3, 0.4) is 0 Å². The summed E-state index contributed by atoms with van der Waals surface area (Å²) in [5.41, 5.74) is 5.04. The van der Waals surface area contributed by atoms with E-state index in [1.54, 1.807) is 0 Å². The summed E-state index contributed by atoms with van der Waals surface area (Å²) in [4.78, 5) is -0.564. The maximum absolute atomic E-state index is 13.7. The van der Waals surface area contributed by atoms with E-state index in [0.717, 1.165) is 12.1 Å². The molecule has 0 heterocycles. The first-order chi connectivity index (χ1) is 9.24. The Labute approximate surface area is 123 Å². The van der Waals surface area contributed by atoms with Crippen molar-refractivity contribution in [3.8, 4) is 0 Å². The van der Waals surface area contributed by atoms with E-state index in [-0.39, 0.29) is 23.9 Å². The highest BCUT2D eigenvalue weighted by Crippen LogP contribution is 2.24. The van der Waals surface area contributed by atoms with Crippen molar-refractivity contribution < 1.29 is 17.5 Å². The predicted molar refractivity (Wildman–Crippen MR) is 76.7 cm³/mol. The molecule has 0 aromatic heterocycles. The van der Waals surface area contributed by atoms with Gasteiger partial charge in [0, 0.05) is 18.2 Å². The molecule has 1 rings (SSSR count). The summed E-state index contributed by atoms with van der Waals surface area (Å²) >= 11 is 5.68. The van der Waals surface area contributed by atoms with Crippen molar-refractivity contribution in [2.24, 2.45) is 5.92 Å². The van der Waals surface area contributed by atoms with Gasteiger partial charge in [-0.3, -0.25) is 0 Å². The number of halogens is 2. The van der Waals surface area contributed by atoms with Gasteiger partial charge in [-0.05, 0) is 18.1 Å². The standard InChI is InChI=1S/C12H18ClFN2O3S/c1-8(2)7-19-4-3-16-20(17,18)11-6-9(13)5-10(15)12(11)14/h5-6,8,16H,3-4,7,15H2,1-2H3. The van der Waals surface area contributed by atoms with E-state index in [1.807, 2.05) is 13.8 Å². The van der Waals surface area contributed by atoms with Gasteiger partial charge < -0.3 is 10.5 Å². The third-order valence-electron chi connectivity index (χ3n) is 2.31. The summed E-state index contributed by atoms with van der Waals surface area (Å²) in [5, 5.41) is 0.0559. The molecule has 114 valence electrons. The number of rotatable bonds is 7. The van der Waals surface area contributed by atoms with E-state index < -0.39 is 20.7 Å². The number of ether oxygens (including phenoxy) is 1. The van der Waals surface area contributed by atoms with Crippen LogP contribution in [0.5, 0.6) is 0 Å². The number of nitrogens with one attached hydrogen (secondary N) is 1. The van der Waals surface area contributed by atoms with Crippen molar-refractivity contribution in [3.63, 3.8) is 0 Å². The second-order valence-corrected chi connectivity index (χ2v) is 6.85. The van der Waals surface area contributed by atoms with E-state index in [1.165, 1.54) is 0 Å². The summed E-state index contributed by atoms with van der Waals surface area (Å²) in [6.07, 6.45) is 0. The summed E-state index contributed by atoms with van der Waals surface area (Å²) in [6.45, 7) is 4.73. The van der Waals surface area contributed by atoms with Crippen molar-refractivity contribution in [3.05, 3.63) is 23.0 Å². The highest BCUT2D eigenvalue weighted by atomic mass is 35.5. The SMILES string of the molecule is CC(C)COCCNS(=O)(=O)c1cc(Cl)cc(N)c1F. The lowest BCUT2D eigenvalue weighted by molar-refractivity contribution is 0.114. The van der Waals surface area contributed by atoms with Gasteiger partial charge in [-0.2, -0.15) is 0 Å².